The maximum absolute atomic E-state index is 5.72. The van der Waals surface area contributed by atoms with Gasteiger partial charge < -0.3 is 15.4 Å². The Morgan fingerprint density at radius 2 is 2.24 bits per heavy atom. The van der Waals surface area contributed by atoms with Gasteiger partial charge in [0.05, 0.1) is 12.8 Å². The zero-order chi connectivity index (χ0) is 12.7. The number of rotatable bonds is 7. The van der Waals surface area contributed by atoms with Crippen molar-refractivity contribution in [1.29, 1.82) is 0 Å². The van der Waals surface area contributed by atoms with Gasteiger partial charge in [-0.1, -0.05) is 13.8 Å². The van der Waals surface area contributed by atoms with Crippen molar-refractivity contribution in [3.8, 4) is 0 Å². The average molecular weight is 238 g/mol. The highest BCUT2D eigenvalue weighted by molar-refractivity contribution is 5.45. The molecule has 2 N–H and O–H groups in total. The minimum absolute atomic E-state index is 0.479. The van der Waals surface area contributed by atoms with E-state index in [-0.39, 0.29) is 0 Å². The second kappa shape index (κ2) is 7.19. The molecule has 17 heavy (non-hydrogen) atoms. The van der Waals surface area contributed by atoms with Crippen LogP contribution in [-0.2, 0) is 11.3 Å². The van der Waals surface area contributed by atoms with Crippen LogP contribution >= 0.6 is 0 Å². The largest absolute Gasteiger partial charge is 0.383 e. The second-order valence-corrected chi connectivity index (χ2v) is 4.42. The lowest BCUT2D eigenvalue weighted by Gasteiger charge is -2.26. The number of hydrogen-bond donors (Lipinski definition) is 1. The molecule has 1 rings (SSSR count). The van der Waals surface area contributed by atoms with Crippen molar-refractivity contribution >= 4 is 5.82 Å². The number of anilines is 1. The van der Waals surface area contributed by atoms with Gasteiger partial charge in [0.15, 0.2) is 5.82 Å². The van der Waals surface area contributed by atoms with Crippen LogP contribution in [0.3, 0.4) is 0 Å². The van der Waals surface area contributed by atoms with E-state index in [0.29, 0.717) is 19.1 Å². The summed E-state index contributed by atoms with van der Waals surface area (Å²) in [6.45, 7) is 7.24. The fraction of sp³-hybridized carbons (Fsp3) is 0.667. The molecule has 5 nitrogen and oxygen atoms in total. The highest BCUT2D eigenvalue weighted by Crippen LogP contribution is 2.16. The fourth-order valence-electron chi connectivity index (χ4n) is 1.70. The summed E-state index contributed by atoms with van der Waals surface area (Å²) in [6.07, 6.45) is 1.68. The molecule has 0 aliphatic heterocycles. The third kappa shape index (κ3) is 4.28. The Morgan fingerprint density at radius 3 is 2.82 bits per heavy atom. The normalized spacial score (nSPS) is 10.9. The van der Waals surface area contributed by atoms with Crippen molar-refractivity contribution < 1.29 is 4.74 Å². The van der Waals surface area contributed by atoms with Crippen molar-refractivity contribution in [2.45, 2.75) is 20.4 Å². The van der Waals surface area contributed by atoms with E-state index < -0.39 is 0 Å². The number of methoxy groups -OCH3 is 1. The highest BCUT2D eigenvalue weighted by atomic mass is 16.5. The zero-order valence-electron chi connectivity index (χ0n) is 10.9. The average Bonchev–Trinajstić information content (AvgIpc) is 2.34. The van der Waals surface area contributed by atoms with Crippen LogP contribution in [0.1, 0.15) is 19.4 Å². The Hall–Kier alpha value is -1.20. The van der Waals surface area contributed by atoms with Gasteiger partial charge in [-0.3, -0.25) is 0 Å². The predicted molar refractivity (Wildman–Crippen MR) is 68.9 cm³/mol. The molecule has 0 aromatic carbocycles. The number of ether oxygens (including phenoxy) is 1. The summed E-state index contributed by atoms with van der Waals surface area (Å²) in [6, 6.07) is 1.92. The number of nitrogens with zero attached hydrogens (tertiary/aromatic N) is 3. The van der Waals surface area contributed by atoms with E-state index in [1.165, 1.54) is 0 Å². The van der Waals surface area contributed by atoms with Crippen LogP contribution in [0.5, 0.6) is 0 Å². The molecule has 0 saturated carbocycles. The lowest BCUT2D eigenvalue weighted by Crippen LogP contribution is -2.33. The molecule has 0 amide bonds. The van der Waals surface area contributed by atoms with E-state index >= 15 is 0 Å². The summed E-state index contributed by atoms with van der Waals surface area (Å²) >= 11 is 0. The summed E-state index contributed by atoms with van der Waals surface area (Å²) in [5, 5.41) is 8.14. The Labute approximate surface area is 103 Å². The minimum Gasteiger partial charge on any atom is -0.383 e. The third-order valence-electron chi connectivity index (χ3n) is 2.45. The molecule has 0 bridgehead atoms. The Balaban J connectivity index is 2.86. The Bertz CT molecular complexity index is 330. The molecule has 0 radical (unpaired) electrons. The van der Waals surface area contributed by atoms with E-state index in [9.17, 15) is 0 Å². The SMILES string of the molecule is COCCN(CC(C)C)c1nnccc1CN. The first-order chi connectivity index (χ1) is 8.19. The maximum Gasteiger partial charge on any atom is 0.155 e. The number of nitrogens with two attached hydrogens (primary N) is 1. The predicted octanol–water partition coefficient (Wildman–Crippen LogP) is 1.04. The van der Waals surface area contributed by atoms with Gasteiger partial charge >= 0.3 is 0 Å². The van der Waals surface area contributed by atoms with E-state index in [0.717, 1.165) is 24.5 Å². The van der Waals surface area contributed by atoms with E-state index in [4.69, 9.17) is 10.5 Å². The van der Waals surface area contributed by atoms with Gasteiger partial charge in [-0.2, -0.15) is 5.10 Å². The van der Waals surface area contributed by atoms with Gasteiger partial charge in [0.1, 0.15) is 0 Å². The summed E-state index contributed by atoms with van der Waals surface area (Å²) in [4.78, 5) is 2.18. The van der Waals surface area contributed by atoms with Gasteiger partial charge in [0.2, 0.25) is 0 Å². The first kappa shape index (κ1) is 13.9. The summed E-state index contributed by atoms with van der Waals surface area (Å²) < 4.78 is 5.13. The minimum atomic E-state index is 0.479. The molecule has 1 aromatic heterocycles. The molecule has 96 valence electrons. The maximum atomic E-state index is 5.72. The van der Waals surface area contributed by atoms with Crippen molar-refractivity contribution in [2.75, 3.05) is 31.7 Å². The lowest BCUT2D eigenvalue weighted by atomic mass is 10.2. The first-order valence-corrected chi connectivity index (χ1v) is 5.93. The molecule has 0 unspecified atom stereocenters. The van der Waals surface area contributed by atoms with Gasteiger partial charge in [0.25, 0.3) is 0 Å². The summed E-state index contributed by atoms with van der Waals surface area (Å²) in [5.74, 6) is 1.43. The van der Waals surface area contributed by atoms with Crippen LogP contribution in [0.25, 0.3) is 0 Å². The Kier molecular flexibility index (Phi) is 5.86. The van der Waals surface area contributed by atoms with Gasteiger partial charge in [-0.05, 0) is 12.0 Å². The zero-order valence-corrected chi connectivity index (χ0v) is 10.9. The molecule has 0 atom stereocenters. The fourth-order valence-corrected chi connectivity index (χ4v) is 1.70. The smallest absolute Gasteiger partial charge is 0.155 e. The van der Waals surface area contributed by atoms with Gasteiger partial charge in [-0.15, -0.1) is 5.10 Å². The Morgan fingerprint density at radius 1 is 1.47 bits per heavy atom. The molecule has 0 fully saturated rings. The molecule has 0 aliphatic rings. The van der Waals surface area contributed by atoms with Crippen LogP contribution in [0, 0.1) is 5.92 Å². The van der Waals surface area contributed by atoms with Crippen LogP contribution in [0.2, 0.25) is 0 Å². The molecule has 1 aromatic rings. The van der Waals surface area contributed by atoms with Crippen molar-refractivity contribution in [3.05, 3.63) is 17.8 Å². The van der Waals surface area contributed by atoms with Crippen LogP contribution in [0.15, 0.2) is 12.3 Å². The molecule has 0 saturated heterocycles. The highest BCUT2D eigenvalue weighted by Gasteiger charge is 2.13. The first-order valence-electron chi connectivity index (χ1n) is 5.93. The quantitative estimate of drug-likeness (QED) is 0.769. The van der Waals surface area contributed by atoms with E-state index in [1.807, 2.05) is 6.07 Å². The number of hydrogen-bond acceptors (Lipinski definition) is 5. The molecular formula is C12H22N4O. The summed E-state index contributed by atoms with van der Waals surface area (Å²) in [7, 11) is 1.70. The molecule has 5 heteroatoms. The summed E-state index contributed by atoms with van der Waals surface area (Å²) in [5.41, 5.74) is 6.75. The van der Waals surface area contributed by atoms with E-state index in [2.05, 4.69) is 28.9 Å². The van der Waals surface area contributed by atoms with E-state index in [1.54, 1.807) is 13.3 Å². The standard InChI is InChI=1S/C12H22N4O/c1-10(2)9-16(6-7-17-3)12-11(8-13)4-5-14-15-12/h4-5,10H,6-9,13H2,1-3H3. The molecule has 0 spiro atoms. The lowest BCUT2D eigenvalue weighted by molar-refractivity contribution is 0.204. The molecule has 1 heterocycles. The van der Waals surface area contributed by atoms with Crippen LogP contribution in [0.4, 0.5) is 5.82 Å². The molecular weight excluding hydrogens is 216 g/mol. The van der Waals surface area contributed by atoms with Gasteiger partial charge in [0, 0.05) is 32.3 Å². The monoisotopic (exact) mass is 238 g/mol. The van der Waals surface area contributed by atoms with Crippen LogP contribution < -0.4 is 10.6 Å². The van der Waals surface area contributed by atoms with Crippen molar-refractivity contribution in [2.24, 2.45) is 11.7 Å². The topological polar surface area (TPSA) is 64.3 Å². The second-order valence-electron chi connectivity index (χ2n) is 4.42. The third-order valence-corrected chi connectivity index (χ3v) is 2.45. The van der Waals surface area contributed by atoms with Gasteiger partial charge in [-0.25, -0.2) is 0 Å². The van der Waals surface area contributed by atoms with Crippen molar-refractivity contribution in [3.63, 3.8) is 0 Å². The van der Waals surface area contributed by atoms with Crippen molar-refractivity contribution in [1.82, 2.24) is 10.2 Å². The number of aromatic nitrogens is 2. The van der Waals surface area contributed by atoms with Crippen LogP contribution in [-0.4, -0.2) is 37.0 Å². The molecule has 0 aliphatic carbocycles.